The maximum Gasteiger partial charge on any atom is 0.416 e. The zero-order valence-electron chi connectivity index (χ0n) is 18.1. The fourth-order valence-electron chi connectivity index (χ4n) is 3.42. The Morgan fingerprint density at radius 1 is 1.09 bits per heavy atom. The highest BCUT2D eigenvalue weighted by atomic mass is 32.2. The molecule has 2 aromatic carbocycles. The first-order chi connectivity index (χ1) is 16.1. The molecule has 2 aromatic rings. The van der Waals surface area contributed by atoms with Gasteiger partial charge in [0.05, 0.1) is 22.8 Å². The third-order valence-electron chi connectivity index (χ3n) is 5.17. The summed E-state index contributed by atoms with van der Waals surface area (Å²) >= 11 is 0. The van der Waals surface area contributed by atoms with Crippen molar-refractivity contribution in [2.45, 2.75) is 23.9 Å². The zero-order valence-corrected chi connectivity index (χ0v) is 18.9. The van der Waals surface area contributed by atoms with Crippen LogP contribution >= 0.6 is 0 Å². The van der Waals surface area contributed by atoms with Crippen LogP contribution in [0.15, 0.2) is 64.6 Å². The van der Waals surface area contributed by atoms with Crippen molar-refractivity contribution in [3.63, 3.8) is 0 Å². The molecule has 1 saturated heterocycles. The SMILES string of the molecule is O=C(CON=C1CCN(S(=O)(=O)c2cccc(C(F)(F)F)c2)CC1)N(CCO)c1ccccc1. The lowest BCUT2D eigenvalue weighted by Gasteiger charge is -2.27. The van der Waals surface area contributed by atoms with Gasteiger partial charge < -0.3 is 14.8 Å². The lowest BCUT2D eigenvalue weighted by Crippen LogP contribution is -2.39. The lowest BCUT2D eigenvalue weighted by atomic mass is 10.1. The molecule has 0 aliphatic carbocycles. The Balaban J connectivity index is 1.57. The minimum absolute atomic E-state index is 0.0232. The maximum absolute atomic E-state index is 12.9. The molecule has 1 aliphatic rings. The molecule has 3 rings (SSSR count). The average molecular weight is 500 g/mol. The van der Waals surface area contributed by atoms with Gasteiger partial charge in [0.25, 0.3) is 5.91 Å². The Hall–Kier alpha value is -2.96. The molecule has 0 radical (unpaired) electrons. The molecule has 0 atom stereocenters. The highest BCUT2D eigenvalue weighted by molar-refractivity contribution is 7.89. The van der Waals surface area contributed by atoms with Gasteiger partial charge in [-0.25, -0.2) is 8.42 Å². The molecule has 1 aliphatic heterocycles. The number of halogens is 3. The summed E-state index contributed by atoms with van der Waals surface area (Å²) in [5.41, 5.74) is 0.110. The number of hydrogen-bond acceptors (Lipinski definition) is 6. The van der Waals surface area contributed by atoms with Gasteiger partial charge >= 0.3 is 6.18 Å². The topological polar surface area (TPSA) is 99.5 Å². The van der Waals surface area contributed by atoms with E-state index in [0.717, 1.165) is 22.5 Å². The smallest absolute Gasteiger partial charge is 0.395 e. The predicted octanol–water partition coefficient (Wildman–Crippen LogP) is 2.89. The first-order valence-electron chi connectivity index (χ1n) is 10.4. The molecule has 0 spiro atoms. The number of benzene rings is 2. The molecule has 0 aromatic heterocycles. The second-order valence-electron chi connectivity index (χ2n) is 7.47. The molecule has 1 heterocycles. The van der Waals surface area contributed by atoms with E-state index in [4.69, 9.17) is 4.84 Å². The Bertz CT molecular complexity index is 1110. The summed E-state index contributed by atoms with van der Waals surface area (Å²) in [6.45, 7) is -0.466. The number of carbonyl (C=O) groups excluding carboxylic acids is 1. The van der Waals surface area contributed by atoms with Gasteiger partial charge in [0.2, 0.25) is 10.0 Å². The fraction of sp³-hybridized carbons (Fsp3) is 0.364. The summed E-state index contributed by atoms with van der Waals surface area (Å²) in [5.74, 6) is -0.408. The number of sulfonamides is 1. The Morgan fingerprint density at radius 2 is 1.76 bits per heavy atom. The van der Waals surface area contributed by atoms with Gasteiger partial charge in [-0.15, -0.1) is 0 Å². The molecule has 0 unspecified atom stereocenters. The molecule has 1 amide bonds. The van der Waals surface area contributed by atoms with Crippen LogP contribution in [-0.4, -0.2) is 62.3 Å². The van der Waals surface area contributed by atoms with Crippen molar-refractivity contribution >= 4 is 27.3 Å². The summed E-state index contributed by atoms with van der Waals surface area (Å²) < 4.78 is 65.4. The van der Waals surface area contributed by atoms with Crippen molar-refractivity contribution in [3.05, 3.63) is 60.2 Å². The lowest BCUT2D eigenvalue weighted by molar-refractivity contribution is -0.137. The second-order valence-corrected chi connectivity index (χ2v) is 9.40. The average Bonchev–Trinajstić information content (AvgIpc) is 2.83. The van der Waals surface area contributed by atoms with E-state index < -0.39 is 32.6 Å². The number of oxime groups is 1. The van der Waals surface area contributed by atoms with E-state index in [1.807, 2.05) is 0 Å². The predicted molar refractivity (Wildman–Crippen MR) is 119 cm³/mol. The van der Waals surface area contributed by atoms with Crippen LogP contribution in [0, 0.1) is 0 Å². The molecule has 8 nitrogen and oxygen atoms in total. The minimum atomic E-state index is -4.64. The van der Waals surface area contributed by atoms with E-state index in [-0.39, 0.29) is 45.7 Å². The first kappa shape index (κ1) is 25.7. The van der Waals surface area contributed by atoms with Crippen LogP contribution in [0.25, 0.3) is 0 Å². The number of carbonyl (C=O) groups is 1. The van der Waals surface area contributed by atoms with Crippen molar-refractivity contribution in [2.24, 2.45) is 5.16 Å². The third-order valence-corrected chi connectivity index (χ3v) is 7.07. The van der Waals surface area contributed by atoms with Gasteiger partial charge in [-0.05, 0) is 30.3 Å². The van der Waals surface area contributed by atoms with E-state index >= 15 is 0 Å². The molecule has 34 heavy (non-hydrogen) atoms. The summed E-state index contributed by atoms with van der Waals surface area (Å²) in [6, 6.07) is 12.4. The Morgan fingerprint density at radius 3 is 2.38 bits per heavy atom. The standard InChI is InChI=1S/C22H24F3N3O5S/c23-22(24,25)17-5-4-8-20(15-17)34(31,32)27-11-9-18(10-12-27)26-33-16-21(30)28(13-14-29)19-6-2-1-3-7-19/h1-8,15,29H,9-14,16H2. The zero-order chi connectivity index (χ0) is 24.8. The van der Waals surface area contributed by atoms with Crippen molar-refractivity contribution in [1.29, 1.82) is 0 Å². The van der Waals surface area contributed by atoms with Crippen LogP contribution in [0.1, 0.15) is 18.4 Å². The molecule has 1 fully saturated rings. The molecule has 0 saturated carbocycles. The van der Waals surface area contributed by atoms with Gasteiger partial charge in [-0.3, -0.25) is 4.79 Å². The van der Waals surface area contributed by atoms with Gasteiger partial charge in [-0.2, -0.15) is 17.5 Å². The van der Waals surface area contributed by atoms with Crippen molar-refractivity contribution in [3.8, 4) is 0 Å². The summed E-state index contributed by atoms with van der Waals surface area (Å²) in [6.07, 6.45) is -4.22. The number of anilines is 1. The van der Waals surface area contributed by atoms with Crippen molar-refractivity contribution < 1.29 is 36.3 Å². The number of rotatable bonds is 8. The fourth-order valence-corrected chi connectivity index (χ4v) is 4.91. The van der Waals surface area contributed by atoms with E-state index in [9.17, 15) is 31.5 Å². The molecule has 184 valence electrons. The van der Waals surface area contributed by atoms with Crippen LogP contribution in [0.5, 0.6) is 0 Å². The van der Waals surface area contributed by atoms with Crippen LogP contribution in [0.2, 0.25) is 0 Å². The highest BCUT2D eigenvalue weighted by Gasteiger charge is 2.33. The van der Waals surface area contributed by atoms with Crippen LogP contribution in [0.4, 0.5) is 18.9 Å². The summed E-state index contributed by atoms with van der Waals surface area (Å²) in [7, 11) is -4.10. The number of alkyl halides is 3. The quantitative estimate of drug-likeness (QED) is 0.563. The van der Waals surface area contributed by atoms with E-state index in [1.54, 1.807) is 30.3 Å². The second kappa shape index (κ2) is 11.0. The van der Waals surface area contributed by atoms with Crippen molar-refractivity contribution in [1.82, 2.24) is 4.31 Å². The number of hydrogen-bond donors (Lipinski definition) is 1. The van der Waals surface area contributed by atoms with Crippen molar-refractivity contribution in [2.75, 3.05) is 37.7 Å². The third kappa shape index (κ3) is 6.33. The molecule has 12 heteroatoms. The number of nitrogens with zero attached hydrogens (tertiary/aromatic N) is 3. The number of amides is 1. The highest BCUT2D eigenvalue weighted by Crippen LogP contribution is 2.31. The number of aliphatic hydroxyl groups excluding tert-OH is 1. The normalized spacial score (nSPS) is 15.1. The van der Waals surface area contributed by atoms with E-state index in [2.05, 4.69) is 5.16 Å². The number of para-hydroxylation sites is 1. The maximum atomic E-state index is 12.9. The van der Waals surface area contributed by atoms with E-state index in [0.29, 0.717) is 17.5 Å². The van der Waals surface area contributed by atoms with E-state index in [1.165, 1.54) is 4.90 Å². The van der Waals surface area contributed by atoms with Gasteiger partial charge in [-0.1, -0.05) is 29.4 Å². The summed E-state index contributed by atoms with van der Waals surface area (Å²) in [5, 5.41) is 13.2. The Labute approximate surface area is 195 Å². The van der Waals surface area contributed by atoms with Gasteiger partial charge in [0.1, 0.15) is 0 Å². The van der Waals surface area contributed by atoms with Gasteiger partial charge in [0.15, 0.2) is 6.61 Å². The largest absolute Gasteiger partial charge is 0.416 e. The number of aliphatic hydroxyl groups is 1. The molecular formula is C22H24F3N3O5S. The monoisotopic (exact) mass is 499 g/mol. The van der Waals surface area contributed by atoms with Gasteiger partial charge in [0, 0.05) is 38.2 Å². The molecule has 0 bridgehead atoms. The first-order valence-corrected chi connectivity index (χ1v) is 11.9. The Kier molecular flexibility index (Phi) is 8.28. The molecular weight excluding hydrogens is 475 g/mol. The van der Waals surface area contributed by atoms with Crippen LogP contribution < -0.4 is 4.90 Å². The van der Waals surface area contributed by atoms with Crippen LogP contribution in [0.3, 0.4) is 0 Å². The molecule has 1 N–H and O–H groups in total. The summed E-state index contributed by atoms with van der Waals surface area (Å²) in [4.78, 5) is 18.6. The number of piperidine rings is 1. The minimum Gasteiger partial charge on any atom is -0.395 e. The van der Waals surface area contributed by atoms with Crippen LogP contribution in [-0.2, 0) is 25.8 Å².